The van der Waals surface area contributed by atoms with Crippen molar-refractivity contribution < 1.29 is 0 Å². The summed E-state index contributed by atoms with van der Waals surface area (Å²) in [5.41, 5.74) is 2.16. The highest BCUT2D eigenvalue weighted by Crippen LogP contribution is 2.22. The molecule has 1 aliphatic rings. The van der Waals surface area contributed by atoms with Gasteiger partial charge in [-0.3, -0.25) is 5.10 Å². The SMILES string of the molecule is Cc1[c]c(C2CCNCC2)[nH]n1. The summed E-state index contributed by atoms with van der Waals surface area (Å²) in [6.45, 7) is 4.22. The molecular weight excluding hydrogens is 150 g/mol. The molecule has 2 rings (SSSR count). The van der Waals surface area contributed by atoms with E-state index in [1.807, 2.05) is 6.92 Å². The number of aromatic amines is 1. The Hall–Kier alpha value is -0.830. The van der Waals surface area contributed by atoms with Gasteiger partial charge in [0.05, 0.1) is 5.69 Å². The maximum atomic E-state index is 4.09. The summed E-state index contributed by atoms with van der Waals surface area (Å²) in [5.74, 6) is 0.646. The third-order valence-electron chi connectivity index (χ3n) is 2.41. The average molecular weight is 164 g/mol. The summed E-state index contributed by atoms with van der Waals surface area (Å²) in [6, 6.07) is 3.25. The fraction of sp³-hybridized carbons (Fsp3) is 0.667. The summed E-state index contributed by atoms with van der Waals surface area (Å²) in [7, 11) is 0. The zero-order chi connectivity index (χ0) is 8.39. The van der Waals surface area contributed by atoms with Gasteiger partial charge in [-0.05, 0) is 32.9 Å². The lowest BCUT2D eigenvalue weighted by Gasteiger charge is -2.20. The standard InChI is InChI=1S/C9H14N3/c1-7-6-9(12-11-7)8-2-4-10-5-3-8/h8,10H,2-5H2,1H3,(H,11,12). The molecule has 0 unspecified atom stereocenters. The number of aromatic nitrogens is 2. The molecule has 2 N–H and O–H groups in total. The molecule has 1 aromatic heterocycles. The molecule has 0 amide bonds. The van der Waals surface area contributed by atoms with E-state index >= 15 is 0 Å². The minimum atomic E-state index is 0.646. The molecule has 1 fully saturated rings. The van der Waals surface area contributed by atoms with Crippen molar-refractivity contribution in [2.24, 2.45) is 0 Å². The lowest BCUT2D eigenvalue weighted by molar-refractivity contribution is 0.452. The Balaban J connectivity index is 2.08. The van der Waals surface area contributed by atoms with Crippen molar-refractivity contribution in [3.8, 4) is 0 Å². The van der Waals surface area contributed by atoms with E-state index in [9.17, 15) is 0 Å². The molecule has 65 valence electrons. The normalized spacial score (nSPS) is 19.8. The number of hydrogen-bond donors (Lipinski definition) is 2. The summed E-state index contributed by atoms with van der Waals surface area (Å²) in [5, 5.41) is 10.5. The van der Waals surface area contributed by atoms with Gasteiger partial charge in [0, 0.05) is 17.7 Å². The zero-order valence-corrected chi connectivity index (χ0v) is 7.35. The van der Waals surface area contributed by atoms with Gasteiger partial charge in [-0.2, -0.15) is 5.10 Å². The van der Waals surface area contributed by atoms with Gasteiger partial charge in [-0.25, -0.2) is 0 Å². The molecule has 1 radical (unpaired) electrons. The van der Waals surface area contributed by atoms with E-state index in [4.69, 9.17) is 0 Å². The quantitative estimate of drug-likeness (QED) is 0.649. The molecule has 0 atom stereocenters. The second-order valence-electron chi connectivity index (χ2n) is 3.37. The van der Waals surface area contributed by atoms with Crippen LogP contribution in [0, 0.1) is 13.0 Å². The molecule has 0 spiro atoms. The van der Waals surface area contributed by atoms with Gasteiger partial charge in [0.1, 0.15) is 0 Å². The molecular formula is C9H14N3. The van der Waals surface area contributed by atoms with E-state index in [1.54, 1.807) is 0 Å². The van der Waals surface area contributed by atoms with Crippen molar-refractivity contribution in [2.75, 3.05) is 13.1 Å². The highest BCUT2D eigenvalue weighted by atomic mass is 15.1. The van der Waals surface area contributed by atoms with Crippen molar-refractivity contribution in [3.63, 3.8) is 0 Å². The summed E-state index contributed by atoms with van der Waals surface area (Å²) < 4.78 is 0. The number of H-pyrrole nitrogens is 1. The molecule has 12 heavy (non-hydrogen) atoms. The molecule has 0 aromatic carbocycles. The molecule has 1 aromatic rings. The van der Waals surface area contributed by atoms with Gasteiger partial charge in [-0.1, -0.05) is 0 Å². The van der Waals surface area contributed by atoms with E-state index in [2.05, 4.69) is 21.6 Å². The largest absolute Gasteiger partial charge is 0.317 e. The minimum Gasteiger partial charge on any atom is -0.317 e. The topological polar surface area (TPSA) is 40.7 Å². The number of rotatable bonds is 1. The van der Waals surface area contributed by atoms with Gasteiger partial charge < -0.3 is 5.32 Å². The van der Waals surface area contributed by atoms with Crippen molar-refractivity contribution in [1.29, 1.82) is 0 Å². The molecule has 3 heteroatoms. The van der Waals surface area contributed by atoms with E-state index in [0.717, 1.165) is 18.8 Å². The Morgan fingerprint density at radius 1 is 1.42 bits per heavy atom. The smallest absolute Gasteiger partial charge is 0.0673 e. The van der Waals surface area contributed by atoms with Gasteiger partial charge in [0.2, 0.25) is 0 Å². The molecule has 0 saturated carbocycles. The summed E-state index contributed by atoms with van der Waals surface area (Å²) in [4.78, 5) is 0. The van der Waals surface area contributed by atoms with Gasteiger partial charge in [0.15, 0.2) is 0 Å². The first-order valence-electron chi connectivity index (χ1n) is 4.51. The van der Waals surface area contributed by atoms with Crippen molar-refractivity contribution in [2.45, 2.75) is 25.7 Å². The van der Waals surface area contributed by atoms with Crippen LogP contribution in [0.25, 0.3) is 0 Å². The second kappa shape index (κ2) is 3.27. The Kier molecular flexibility index (Phi) is 2.13. The first-order valence-corrected chi connectivity index (χ1v) is 4.51. The number of aryl methyl sites for hydroxylation is 1. The van der Waals surface area contributed by atoms with Crippen LogP contribution in [0.1, 0.15) is 30.1 Å². The van der Waals surface area contributed by atoms with Crippen LogP contribution in [0.3, 0.4) is 0 Å². The molecule has 2 heterocycles. The van der Waals surface area contributed by atoms with Crippen LogP contribution in [-0.4, -0.2) is 23.3 Å². The highest BCUT2D eigenvalue weighted by molar-refractivity contribution is 5.10. The summed E-state index contributed by atoms with van der Waals surface area (Å²) >= 11 is 0. The van der Waals surface area contributed by atoms with Crippen LogP contribution in [-0.2, 0) is 0 Å². The predicted molar refractivity (Wildman–Crippen MR) is 47.0 cm³/mol. The van der Waals surface area contributed by atoms with Crippen LogP contribution in [0.4, 0.5) is 0 Å². The lowest BCUT2D eigenvalue weighted by atomic mass is 9.95. The number of piperidine rings is 1. The average Bonchev–Trinajstić information content (AvgIpc) is 2.54. The monoisotopic (exact) mass is 164 g/mol. The van der Waals surface area contributed by atoms with Crippen molar-refractivity contribution in [1.82, 2.24) is 15.5 Å². The summed E-state index contributed by atoms with van der Waals surface area (Å²) in [6.07, 6.45) is 2.41. The highest BCUT2D eigenvalue weighted by Gasteiger charge is 2.16. The first-order chi connectivity index (χ1) is 5.86. The Morgan fingerprint density at radius 2 is 2.17 bits per heavy atom. The first kappa shape index (κ1) is 7.80. The Bertz CT molecular complexity index is 248. The molecule has 3 nitrogen and oxygen atoms in total. The van der Waals surface area contributed by atoms with Crippen LogP contribution >= 0.6 is 0 Å². The van der Waals surface area contributed by atoms with Crippen LogP contribution < -0.4 is 5.32 Å². The third-order valence-corrected chi connectivity index (χ3v) is 2.41. The Labute approximate surface area is 72.6 Å². The fourth-order valence-electron chi connectivity index (χ4n) is 1.70. The van der Waals surface area contributed by atoms with E-state index < -0.39 is 0 Å². The Morgan fingerprint density at radius 3 is 2.75 bits per heavy atom. The minimum absolute atomic E-state index is 0.646. The molecule has 1 saturated heterocycles. The van der Waals surface area contributed by atoms with Crippen molar-refractivity contribution in [3.05, 3.63) is 17.5 Å². The number of nitrogens with one attached hydrogen (secondary N) is 2. The van der Waals surface area contributed by atoms with E-state index in [1.165, 1.54) is 18.5 Å². The molecule has 1 aliphatic heterocycles. The molecule has 0 aliphatic carbocycles. The lowest BCUT2D eigenvalue weighted by Crippen LogP contribution is -2.26. The van der Waals surface area contributed by atoms with Crippen LogP contribution in [0.5, 0.6) is 0 Å². The van der Waals surface area contributed by atoms with Crippen molar-refractivity contribution >= 4 is 0 Å². The second-order valence-corrected chi connectivity index (χ2v) is 3.37. The number of hydrogen-bond acceptors (Lipinski definition) is 2. The molecule has 0 bridgehead atoms. The van der Waals surface area contributed by atoms with Gasteiger partial charge in [-0.15, -0.1) is 0 Å². The predicted octanol–water partition coefficient (Wildman–Crippen LogP) is 0.985. The number of nitrogens with zero attached hydrogens (tertiary/aromatic N) is 1. The third kappa shape index (κ3) is 1.50. The van der Waals surface area contributed by atoms with Crippen LogP contribution in [0.2, 0.25) is 0 Å². The van der Waals surface area contributed by atoms with Gasteiger partial charge >= 0.3 is 0 Å². The van der Waals surface area contributed by atoms with E-state index in [-0.39, 0.29) is 0 Å². The zero-order valence-electron chi connectivity index (χ0n) is 7.35. The van der Waals surface area contributed by atoms with Crippen LogP contribution in [0.15, 0.2) is 0 Å². The van der Waals surface area contributed by atoms with E-state index in [0.29, 0.717) is 5.92 Å². The maximum absolute atomic E-state index is 4.09. The fourth-order valence-corrected chi connectivity index (χ4v) is 1.70. The van der Waals surface area contributed by atoms with Gasteiger partial charge in [0.25, 0.3) is 0 Å². The maximum Gasteiger partial charge on any atom is 0.0673 e.